The fraction of sp³-hybridized carbons (Fsp3) is 0.143. The molecule has 0 aliphatic carbocycles. The van der Waals surface area contributed by atoms with Crippen molar-refractivity contribution in [2.24, 2.45) is 7.05 Å². The monoisotopic (exact) mass is 169 g/mol. The van der Waals surface area contributed by atoms with E-state index in [1.54, 1.807) is 36.0 Å². The number of nitrogens with zero attached hydrogens (tertiary/aromatic N) is 2. The molecular weight excluding hydrogens is 162 g/mol. The first-order valence-corrected chi connectivity index (χ1v) is 2.86. The Morgan fingerprint density at radius 2 is 2.36 bits per heavy atom. The SMILES string of the molecule is Cl.Cn1cccc1C(=N)C#N. The summed E-state index contributed by atoms with van der Waals surface area (Å²) in [6, 6.07) is 5.32. The predicted octanol–water partition coefficient (Wildman–Crippen LogP) is 1.34. The number of nitriles is 1. The van der Waals surface area contributed by atoms with Crippen LogP contribution < -0.4 is 0 Å². The van der Waals surface area contributed by atoms with Crippen LogP contribution in [0.2, 0.25) is 0 Å². The highest BCUT2D eigenvalue weighted by molar-refractivity contribution is 6.08. The van der Waals surface area contributed by atoms with Crippen molar-refractivity contribution in [3.8, 4) is 6.07 Å². The van der Waals surface area contributed by atoms with E-state index >= 15 is 0 Å². The summed E-state index contributed by atoms with van der Waals surface area (Å²) in [7, 11) is 1.81. The lowest BCUT2D eigenvalue weighted by atomic mass is 10.3. The third-order valence-electron chi connectivity index (χ3n) is 1.31. The maximum atomic E-state index is 8.34. The van der Waals surface area contributed by atoms with E-state index in [4.69, 9.17) is 10.7 Å². The molecule has 4 heteroatoms. The number of hydrogen-bond acceptors (Lipinski definition) is 2. The van der Waals surface area contributed by atoms with Crippen LogP contribution in [0.1, 0.15) is 5.69 Å². The van der Waals surface area contributed by atoms with Crippen LogP contribution in [-0.4, -0.2) is 10.3 Å². The lowest BCUT2D eigenvalue weighted by molar-refractivity contribution is 0.914. The fourth-order valence-corrected chi connectivity index (χ4v) is 0.778. The Labute approximate surface area is 71.2 Å². The number of aromatic nitrogens is 1. The quantitative estimate of drug-likeness (QED) is 0.634. The van der Waals surface area contributed by atoms with E-state index in [0.29, 0.717) is 5.69 Å². The summed E-state index contributed by atoms with van der Waals surface area (Å²) in [6.07, 6.45) is 1.81. The molecule has 0 saturated carbocycles. The van der Waals surface area contributed by atoms with Gasteiger partial charge in [-0.1, -0.05) is 0 Å². The Morgan fingerprint density at radius 3 is 2.73 bits per heavy atom. The van der Waals surface area contributed by atoms with Crippen LogP contribution in [0.4, 0.5) is 0 Å². The van der Waals surface area contributed by atoms with Gasteiger partial charge in [0.1, 0.15) is 6.07 Å². The van der Waals surface area contributed by atoms with E-state index < -0.39 is 0 Å². The zero-order chi connectivity index (χ0) is 7.56. The molecule has 0 aliphatic heterocycles. The number of rotatable bonds is 1. The molecule has 0 amide bonds. The van der Waals surface area contributed by atoms with Crippen molar-refractivity contribution in [3.63, 3.8) is 0 Å². The van der Waals surface area contributed by atoms with E-state index in [0.717, 1.165) is 0 Å². The van der Waals surface area contributed by atoms with Crippen LogP contribution in [0.25, 0.3) is 0 Å². The molecule has 0 atom stereocenters. The van der Waals surface area contributed by atoms with Crippen molar-refractivity contribution in [2.45, 2.75) is 0 Å². The topological polar surface area (TPSA) is 52.6 Å². The molecule has 1 aromatic heterocycles. The normalized spacial score (nSPS) is 8.00. The van der Waals surface area contributed by atoms with Crippen molar-refractivity contribution in [1.82, 2.24) is 4.57 Å². The maximum Gasteiger partial charge on any atom is 0.156 e. The summed E-state index contributed by atoms with van der Waals surface area (Å²) in [5.74, 6) is 0. The second-order valence-electron chi connectivity index (χ2n) is 1.99. The highest BCUT2D eigenvalue weighted by atomic mass is 35.5. The summed E-state index contributed by atoms with van der Waals surface area (Å²) in [5.41, 5.74) is 0.662. The first-order valence-electron chi connectivity index (χ1n) is 2.86. The zero-order valence-corrected chi connectivity index (χ0v) is 6.85. The van der Waals surface area contributed by atoms with Gasteiger partial charge in [0, 0.05) is 13.2 Å². The van der Waals surface area contributed by atoms with Crippen LogP contribution in [0.15, 0.2) is 18.3 Å². The number of halogens is 1. The van der Waals surface area contributed by atoms with Gasteiger partial charge in [0.25, 0.3) is 0 Å². The molecule has 11 heavy (non-hydrogen) atoms. The smallest absolute Gasteiger partial charge is 0.156 e. The van der Waals surface area contributed by atoms with Crippen molar-refractivity contribution in [3.05, 3.63) is 24.0 Å². The van der Waals surface area contributed by atoms with E-state index in [-0.39, 0.29) is 18.1 Å². The molecule has 0 bridgehead atoms. The lowest BCUT2D eigenvalue weighted by Crippen LogP contribution is -2.01. The summed E-state index contributed by atoms with van der Waals surface area (Å²) >= 11 is 0. The summed E-state index contributed by atoms with van der Waals surface area (Å²) in [6.45, 7) is 0. The number of nitrogens with one attached hydrogen (secondary N) is 1. The molecule has 1 N–H and O–H groups in total. The Bertz CT molecular complexity index is 295. The second-order valence-corrected chi connectivity index (χ2v) is 1.99. The zero-order valence-electron chi connectivity index (χ0n) is 6.03. The van der Waals surface area contributed by atoms with Gasteiger partial charge >= 0.3 is 0 Å². The molecule has 0 spiro atoms. The first kappa shape index (κ1) is 9.73. The Hall–Kier alpha value is -1.27. The van der Waals surface area contributed by atoms with Gasteiger partial charge in [0.15, 0.2) is 5.71 Å². The van der Waals surface area contributed by atoms with Crippen LogP contribution >= 0.6 is 12.4 Å². The first-order chi connectivity index (χ1) is 4.75. The molecule has 0 saturated heterocycles. The van der Waals surface area contributed by atoms with Gasteiger partial charge in [0.05, 0.1) is 5.69 Å². The second kappa shape index (κ2) is 3.79. The molecule has 0 aromatic carbocycles. The highest BCUT2D eigenvalue weighted by Crippen LogP contribution is 1.98. The average Bonchev–Trinajstić information content (AvgIpc) is 2.34. The van der Waals surface area contributed by atoms with Crippen LogP contribution in [-0.2, 0) is 7.05 Å². The molecule has 0 radical (unpaired) electrons. The largest absolute Gasteiger partial charge is 0.349 e. The maximum absolute atomic E-state index is 8.34. The van der Waals surface area contributed by atoms with Gasteiger partial charge in [-0.25, -0.2) is 0 Å². The third-order valence-corrected chi connectivity index (χ3v) is 1.31. The highest BCUT2D eigenvalue weighted by Gasteiger charge is 2.00. The number of aryl methyl sites for hydroxylation is 1. The van der Waals surface area contributed by atoms with Crippen LogP contribution in [0.3, 0.4) is 0 Å². The molecule has 1 heterocycles. The molecule has 0 aliphatic rings. The lowest BCUT2D eigenvalue weighted by Gasteiger charge is -1.95. The van der Waals surface area contributed by atoms with E-state index in [1.165, 1.54) is 0 Å². The van der Waals surface area contributed by atoms with Crippen molar-refractivity contribution in [1.29, 1.82) is 10.7 Å². The van der Waals surface area contributed by atoms with Gasteiger partial charge < -0.3 is 4.57 Å². The molecule has 1 rings (SSSR count). The summed E-state index contributed by atoms with van der Waals surface area (Å²) in [4.78, 5) is 0. The Kier molecular flexibility index (Phi) is 3.35. The van der Waals surface area contributed by atoms with Crippen molar-refractivity contribution >= 4 is 18.1 Å². The van der Waals surface area contributed by atoms with Gasteiger partial charge in [-0.2, -0.15) is 5.26 Å². The minimum atomic E-state index is 0. The minimum Gasteiger partial charge on any atom is -0.349 e. The van der Waals surface area contributed by atoms with Gasteiger partial charge in [-0.3, -0.25) is 5.41 Å². The van der Waals surface area contributed by atoms with E-state index in [2.05, 4.69) is 0 Å². The third kappa shape index (κ3) is 1.82. The minimum absolute atomic E-state index is 0. The van der Waals surface area contributed by atoms with E-state index in [9.17, 15) is 0 Å². The Balaban J connectivity index is 0.000001000. The van der Waals surface area contributed by atoms with Crippen LogP contribution in [0, 0.1) is 16.7 Å². The molecule has 0 unspecified atom stereocenters. The van der Waals surface area contributed by atoms with Crippen molar-refractivity contribution < 1.29 is 0 Å². The van der Waals surface area contributed by atoms with E-state index in [1.807, 2.05) is 0 Å². The Morgan fingerprint density at radius 1 is 1.73 bits per heavy atom. The summed E-state index contributed by atoms with van der Waals surface area (Å²) in [5, 5.41) is 15.5. The molecular formula is C7H8ClN3. The standard InChI is InChI=1S/C7H7N3.ClH/c1-10-4-2-3-7(10)6(9)5-8;/h2-4,9H,1H3;1H. The summed E-state index contributed by atoms with van der Waals surface area (Å²) < 4.78 is 1.74. The van der Waals surface area contributed by atoms with Crippen molar-refractivity contribution in [2.75, 3.05) is 0 Å². The molecule has 58 valence electrons. The number of hydrogen-bond donors (Lipinski definition) is 1. The molecule has 0 fully saturated rings. The molecule has 1 aromatic rings. The predicted molar refractivity (Wildman–Crippen MR) is 45.1 cm³/mol. The van der Waals surface area contributed by atoms with Crippen LogP contribution in [0.5, 0.6) is 0 Å². The van der Waals surface area contributed by atoms with Gasteiger partial charge in [-0.15, -0.1) is 12.4 Å². The average molecular weight is 170 g/mol. The fourth-order valence-electron chi connectivity index (χ4n) is 0.778. The van der Waals surface area contributed by atoms with Gasteiger partial charge in [-0.05, 0) is 12.1 Å². The van der Waals surface area contributed by atoms with Gasteiger partial charge in [0.2, 0.25) is 0 Å². The molecule has 3 nitrogen and oxygen atoms in total.